The van der Waals surface area contributed by atoms with Crippen LogP contribution in [0.15, 0.2) is 36.7 Å². The molecule has 0 spiro atoms. The number of hydrogen-bond donors (Lipinski definition) is 2. The molecule has 0 unspecified atom stereocenters. The van der Waals surface area contributed by atoms with E-state index < -0.39 is 0 Å². The lowest BCUT2D eigenvalue weighted by Crippen LogP contribution is -2.19. The fraction of sp³-hybridized carbons (Fsp3) is 0.250. The molecular formula is C12H14ClN3O. The topological polar surface area (TPSA) is 50.1 Å². The maximum atomic E-state index is 8.72. The monoisotopic (exact) mass is 251 g/mol. The van der Waals surface area contributed by atoms with Crippen molar-refractivity contribution in [2.45, 2.75) is 6.54 Å². The average Bonchev–Trinajstić information content (AvgIpc) is 2.78. The second-order valence-electron chi connectivity index (χ2n) is 3.58. The summed E-state index contributed by atoms with van der Waals surface area (Å²) in [5.41, 5.74) is 1.94. The van der Waals surface area contributed by atoms with Crippen LogP contribution in [0.25, 0.3) is 5.69 Å². The van der Waals surface area contributed by atoms with Gasteiger partial charge in [-0.1, -0.05) is 11.6 Å². The van der Waals surface area contributed by atoms with E-state index in [1.54, 1.807) is 6.20 Å². The average molecular weight is 252 g/mol. The van der Waals surface area contributed by atoms with Gasteiger partial charge in [-0.15, -0.1) is 0 Å². The molecule has 0 bridgehead atoms. The van der Waals surface area contributed by atoms with Crippen molar-refractivity contribution < 1.29 is 5.11 Å². The number of nitrogens with zero attached hydrogens (tertiary/aromatic N) is 2. The lowest BCUT2D eigenvalue weighted by atomic mass is 10.3. The van der Waals surface area contributed by atoms with Crippen LogP contribution >= 0.6 is 11.6 Å². The van der Waals surface area contributed by atoms with Gasteiger partial charge in [0.2, 0.25) is 0 Å². The van der Waals surface area contributed by atoms with Gasteiger partial charge in [-0.3, -0.25) is 0 Å². The highest BCUT2D eigenvalue weighted by molar-refractivity contribution is 6.31. The van der Waals surface area contributed by atoms with Crippen molar-refractivity contribution in [3.05, 3.63) is 47.5 Å². The van der Waals surface area contributed by atoms with Crippen molar-refractivity contribution in [2.75, 3.05) is 13.2 Å². The Balaban J connectivity index is 2.22. The fourth-order valence-corrected chi connectivity index (χ4v) is 1.86. The van der Waals surface area contributed by atoms with E-state index in [1.165, 1.54) is 0 Å². The van der Waals surface area contributed by atoms with Gasteiger partial charge in [0.1, 0.15) is 0 Å². The summed E-state index contributed by atoms with van der Waals surface area (Å²) in [6.45, 7) is 1.39. The number of nitrogens with one attached hydrogen (secondary N) is 1. The molecule has 0 saturated carbocycles. The molecule has 2 heterocycles. The van der Waals surface area contributed by atoms with E-state index >= 15 is 0 Å². The third-order valence-electron chi connectivity index (χ3n) is 2.43. The third kappa shape index (κ3) is 2.85. The zero-order valence-corrected chi connectivity index (χ0v) is 10.1. The number of aromatic nitrogens is 2. The first-order valence-corrected chi connectivity index (χ1v) is 5.79. The Morgan fingerprint density at radius 1 is 1.35 bits per heavy atom. The minimum absolute atomic E-state index is 0.133. The molecule has 2 aromatic heterocycles. The predicted molar refractivity (Wildman–Crippen MR) is 67.4 cm³/mol. The molecule has 5 heteroatoms. The highest BCUT2D eigenvalue weighted by Gasteiger charge is 2.06. The van der Waals surface area contributed by atoms with Gasteiger partial charge in [0.25, 0.3) is 0 Å². The fourth-order valence-electron chi connectivity index (χ4n) is 1.65. The van der Waals surface area contributed by atoms with Crippen molar-refractivity contribution in [3.63, 3.8) is 0 Å². The summed E-state index contributed by atoms with van der Waals surface area (Å²) in [4.78, 5) is 4.06. The largest absolute Gasteiger partial charge is 0.395 e. The number of aliphatic hydroxyl groups is 1. The standard InChI is InChI=1S/C12H14ClN3O/c13-12-11(4-1-5-15-12)16-7-2-3-10(16)9-14-6-8-17/h1-5,7,14,17H,6,8-9H2. The molecule has 2 N–H and O–H groups in total. The Hall–Kier alpha value is -1.36. The summed E-state index contributed by atoms with van der Waals surface area (Å²) in [6.07, 6.45) is 3.61. The maximum Gasteiger partial charge on any atom is 0.152 e. The summed E-state index contributed by atoms with van der Waals surface area (Å²) in [6, 6.07) is 7.74. The Morgan fingerprint density at radius 2 is 2.24 bits per heavy atom. The lowest BCUT2D eigenvalue weighted by Gasteiger charge is -2.10. The SMILES string of the molecule is OCCNCc1cccn1-c1cccnc1Cl. The predicted octanol–water partition coefficient (Wildman–Crippen LogP) is 1.61. The van der Waals surface area contributed by atoms with E-state index in [2.05, 4.69) is 10.3 Å². The Labute approximate surface area is 105 Å². The van der Waals surface area contributed by atoms with Crippen LogP contribution in [0.3, 0.4) is 0 Å². The molecule has 4 nitrogen and oxygen atoms in total. The first-order chi connectivity index (χ1) is 8.33. The van der Waals surface area contributed by atoms with E-state index in [0.29, 0.717) is 18.2 Å². The molecule has 0 amide bonds. The van der Waals surface area contributed by atoms with Gasteiger partial charge in [-0.05, 0) is 24.3 Å². The third-order valence-corrected chi connectivity index (χ3v) is 2.72. The van der Waals surface area contributed by atoms with Crippen LogP contribution in [0, 0.1) is 0 Å². The van der Waals surface area contributed by atoms with Gasteiger partial charge in [-0.2, -0.15) is 0 Å². The molecule has 2 aromatic rings. The van der Waals surface area contributed by atoms with Crippen LogP contribution < -0.4 is 5.32 Å². The molecule has 17 heavy (non-hydrogen) atoms. The van der Waals surface area contributed by atoms with Gasteiger partial charge in [0.05, 0.1) is 12.3 Å². The Bertz CT molecular complexity index is 484. The highest BCUT2D eigenvalue weighted by Crippen LogP contribution is 2.19. The van der Waals surface area contributed by atoms with Crippen LogP contribution in [-0.4, -0.2) is 27.8 Å². The van der Waals surface area contributed by atoms with E-state index in [-0.39, 0.29) is 6.61 Å². The van der Waals surface area contributed by atoms with Crippen molar-refractivity contribution >= 4 is 11.6 Å². The van der Waals surface area contributed by atoms with Crippen molar-refractivity contribution in [2.24, 2.45) is 0 Å². The summed E-state index contributed by atoms with van der Waals surface area (Å²) in [5.74, 6) is 0. The highest BCUT2D eigenvalue weighted by atomic mass is 35.5. The summed E-state index contributed by atoms with van der Waals surface area (Å²) in [5, 5.41) is 12.3. The Kier molecular flexibility index (Phi) is 4.14. The van der Waals surface area contributed by atoms with E-state index in [1.807, 2.05) is 35.0 Å². The quantitative estimate of drug-likeness (QED) is 0.627. The number of aliphatic hydroxyl groups excluding tert-OH is 1. The number of halogens is 1. The van der Waals surface area contributed by atoms with Crippen LogP contribution in [-0.2, 0) is 6.54 Å². The van der Waals surface area contributed by atoms with Gasteiger partial charge in [0, 0.05) is 31.2 Å². The zero-order chi connectivity index (χ0) is 12.1. The van der Waals surface area contributed by atoms with Crippen LogP contribution in [0.2, 0.25) is 5.15 Å². The summed E-state index contributed by atoms with van der Waals surface area (Å²) < 4.78 is 1.99. The van der Waals surface area contributed by atoms with Crippen LogP contribution in [0.5, 0.6) is 0 Å². The molecule has 2 rings (SSSR count). The second-order valence-corrected chi connectivity index (χ2v) is 3.94. The normalized spacial score (nSPS) is 10.7. The minimum Gasteiger partial charge on any atom is -0.395 e. The van der Waals surface area contributed by atoms with Crippen molar-refractivity contribution in [1.82, 2.24) is 14.9 Å². The maximum absolute atomic E-state index is 8.72. The van der Waals surface area contributed by atoms with E-state index in [0.717, 1.165) is 11.4 Å². The molecule has 0 aliphatic heterocycles. The van der Waals surface area contributed by atoms with Crippen molar-refractivity contribution in [1.29, 1.82) is 0 Å². The first-order valence-electron chi connectivity index (χ1n) is 5.41. The van der Waals surface area contributed by atoms with E-state index in [4.69, 9.17) is 16.7 Å². The van der Waals surface area contributed by atoms with Crippen molar-refractivity contribution in [3.8, 4) is 5.69 Å². The van der Waals surface area contributed by atoms with Gasteiger partial charge in [0.15, 0.2) is 5.15 Å². The Morgan fingerprint density at radius 3 is 3.00 bits per heavy atom. The smallest absolute Gasteiger partial charge is 0.152 e. The first kappa shape index (κ1) is 12.1. The lowest BCUT2D eigenvalue weighted by molar-refractivity contribution is 0.291. The molecule has 0 saturated heterocycles. The molecule has 0 atom stereocenters. The molecule has 0 aliphatic carbocycles. The molecule has 0 aromatic carbocycles. The molecule has 90 valence electrons. The summed E-state index contributed by atoms with van der Waals surface area (Å²) >= 11 is 6.06. The van der Waals surface area contributed by atoms with Gasteiger partial charge >= 0.3 is 0 Å². The number of hydrogen-bond acceptors (Lipinski definition) is 3. The molecule has 0 radical (unpaired) electrons. The van der Waals surface area contributed by atoms with Gasteiger partial charge < -0.3 is 15.0 Å². The second kappa shape index (κ2) is 5.82. The van der Waals surface area contributed by atoms with Gasteiger partial charge in [-0.25, -0.2) is 4.98 Å². The zero-order valence-electron chi connectivity index (χ0n) is 9.31. The summed E-state index contributed by atoms with van der Waals surface area (Å²) in [7, 11) is 0. The minimum atomic E-state index is 0.133. The molecular weight excluding hydrogens is 238 g/mol. The van der Waals surface area contributed by atoms with E-state index in [9.17, 15) is 0 Å². The number of pyridine rings is 1. The van der Waals surface area contributed by atoms with Crippen LogP contribution in [0.4, 0.5) is 0 Å². The van der Waals surface area contributed by atoms with Crippen LogP contribution in [0.1, 0.15) is 5.69 Å². The molecule has 0 aliphatic rings. The number of rotatable bonds is 5. The molecule has 0 fully saturated rings.